The van der Waals surface area contributed by atoms with Gasteiger partial charge in [-0.1, -0.05) is 27.7 Å². The largest absolute Gasteiger partial charge is 0.390 e. The molecule has 2 unspecified atom stereocenters. The summed E-state index contributed by atoms with van der Waals surface area (Å²) in [6, 6.07) is 0. The zero-order valence-electron chi connectivity index (χ0n) is 8.87. The van der Waals surface area contributed by atoms with Gasteiger partial charge >= 0.3 is 0 Å². The number of carbonyl (C=O) groups excluding carboxylic acids is 1. The number of carbonyl (C=O) groups is 1. The molecule has 0 aromatic carbocycles. The number of hydrogen-bond donors (Lipinski definition) is 2. The molecule has 13 heavy (non-hydrogen) atoms. The van der Waals surface area contributed by atoms with Crippen LogP contribution in [0.3, 0.4) is 0 Å². The predicted octanol–water partition coefficient (Wildman–Crippen LogP) is 1.12. The van der Waals surface area contributed by atoms with Crippen molar-refractivity contribution in [1.29, 1.82) is 0 Å². The Hall–Kier alpha value is -0.410. The molecule has 0 bridgehead atoms. The minimum atomic E-state index is -0.920. The first kappa shape index (κ1) is 12.6. The molecule has 0 aliphatic rings. The summed E-state index contributed by atoms with van der Waals surface area (Å²) in [7, 11) is 0. The quantitative estimate of drug-likeness (QED) is 0.695. The smallest absolute Gasteiger partial charge is 0.140 e. The molecule has 0 saturated carbocycles. The summed E-state index contributed by atoms with van der Waals surface area (Å²) < 4.78 is 0. The molecule has 0 fully saturated rings. The van der Waals surface area contributed by atoms with Gasteiger partial charge in [0.05, 0.1) is 12.2 Å². The molecule has 0 aromatic rings. The molecule has 0 heterocycles. The monoisotopic (exact) mass is 188 g/mol. The Morgan fingerprint density at radius 2 is 1.69 bits per heavy atom. The predicted molar refractivity (Wildman–Crippen MR) is 51.4 cm³/mol. The molecule has 0 saturated heterocycles. The number of Topliss-reactive ketones (excluding diaryl/α,β-unsaturated/α-hetero) is 1. The van der Waals surface area contributed by atoms with Gasteiger partial charge in [0.15, 0.2) is 0 Å². The SMILES string of the molecule is CCC(O)C(O)CC(=O)C(C)(C)C. The molecule has 3 heteroatoms. The maximum atomic E-state index is 11.4. The number of aliphatic hydroxyl groups is 2. The van der Waals surface area contributed by atoms with Crippen molar-refractivity contribution in [2.24, 2.45) is 5.41 Å². The van der Waals surface area contributed by atoms with Crippen molar-refractivity contribution in [2.75, 3.05) is 0 Å². The number of rotatable bonds is 4. The van der Waals surface area contributed by atoms with Gasteiger partial charge in [-0.15, -0.1) is 0 Å². The van der Waals surface area contributed by atoms with Crippen molar-refractivity contribution < 1.29 is 15.0 Å². The highest BCUT2D eigenvalue weighted by molar-refractivity contribution is 5.84. The first-order valence-electron chi connectivity index (χ1n) is 4.68. The Balaban J connectivity index is 4.07. The fourth-order valence-electron chi connectivity index (χ4n) is 0.904. The zero-order valence-corrected chi connectivity index (χ0v) is 8.87. The highest BCUT2D eigenvalue weighted by Crippen LogP contribution is 2.18. The lowest BCUT2D eigenvalue weighted by Crippen LogP contribution is -2.32. The summed E-state index contributed by atoms with van der Waals surface area (Å²) >= 11 is 0. The number of aliphatic hydroxyl groups excluding tert-OH is 2. The van der Waals surface area contributed by atoms with Crippen LogP contribution >= 0.6 is 0 Å². The number of ketones is 1. The molecule has 3 nitrogen and oxygen atoms in total. The van der Waals surface area contributed by atoms with Gasteiger partial charge in [-0.2, -0.15) is 0 Å². The van der Waals surface area contributed by atoms with Crippen molar-refractivity contribution in [2.45, 2.75) is 52.7 Å². The van der Waals surface area contributed by atoms with Crippen LogP contribution in [0.2, 0.25) is 0 Å². The van der Waals surface area contributed by atoms with Crippen molar-refractivity contribution >= 4 is 5.78 Å². The van der Waals surface area contributed by atoms with E-state index in [-0.39, 0.29) is 12.2 Å². The van der Waals surface area contributed by atoms with E-state index < -0.39 is 17.6 Å². The van der Waals surface area contributed by atoms with Crippen molar-refractivity contribution in [3.05, 3.63) is 0 Å². The van der Waals surface area contributed by atoms with Crippen LogP contribution in [0.5, 0.6) is 0 Å². The third-order valence-corrected chi connectivity index (χ3v) is 2.09. The van der Waals surface area contributed by atoms with Crippen LogP contribution in [-0.2, 0) is 4.79 Å². The molecular weight excluding hydrogens is 168 g/mol. The molecule has 0 aromatic heterocycles. The van der Waals surface area contributed by atoms with E-state index in [1.165, 1.54) is 0 Å². The summed E-state index contributed by atoms with van der Waals surface area (Å²) in [4.78, 5) is 11.4. The molecule has 0 aliphatic carbocycles. The van der Waals surface area contributed by atoms with E-state index in [0.717, 1.165) is 0 Å². The summed E-state index contributed by atoms with van der Waals surface area (Å²) in [6.45, 7) is 7.19. The molecule has 0 aliphatic heterocycles. The average molecular weight is 188 g/mol. The van der Waals surface area contributed by atoms with E-state index in [0.29, 0.717) is 6.42 Å². The molecular formula is C10H20O3. The van der Waals surface area contributed by atoms with Gasteiger partial charge in [0, 0.05) is 11.8 Å². The van der Waals surface area contributed by atoms with Crippen LogP contribution in [0, 0.1) is 5.41 Å². The Kier molecular flexibility index (Phi) is 4.57. The van der Waals surface area contributed by atoms with E-state index in [4.69, 9.17) is 0 Å². The molecule has 0 rings (SSSR count). The van der Waals surface area contributed by atoms with E-state index in [9.17, 15) is 15.0 Å². The lowest BCUT2D eigenvalue weighted by molar-refractivity contribution is -0.130. The van der Waals surface area contributed by atoms with Crippen LogP contribution in [0.25, 0.3) is 0 Å². The van der Waals surface area contributed by atoms with Crippen LogP contribution in [-0.4, -0.2) is 28.2 Å². The van der Waals surface area contributed by atoms with Gasteiger partial charge in [0.25, 0.3) is 0 Å². The minimum absolute atomic E-state index is 0.0208. The standard InChI is InChI=1S/C10H20O3/c1-5-7(11)8(12)6-9(13)10(2,3)4/h7-8,11-12H,5-6H2,1-4H3. The minimum Gasteiger partial charge on any atom is -0.390 e. The Bertz CT molecular complexity index is 169. The summed E-state index contributed by atoms with van der Waals surface area (Å²) in [5.74, 6) is -0.0208. The second-order valence-electron chi connectivity index (χ2n) is 4.42. The van der Waals surface area contributed by atoms with Gasteiger partial charge < -0.3 is 10.2 Å². The lowest BCUT2D eigenvalue weighted by atomic mass is 9.86. The van der Waals surface area contributed by atoms with Crippen LogP contribution in [0.1, 0.15) is 40.5 Å². The van der Waals surface area contributed by atoms with Crippen LogP contribution < -0.4 is 0 Å². The van der Waals surface area contributed by atoms with E-state index in [1.54, 1.807) is 27.7 Å². The van der Waals surface area contributed by atoms with Crippen molar-refractivity contribution in [3.8, 4) is 0 Å². The third-order valence-electron chi connectivity index (χ3n) is 2.09. The summed E-state index contributed by atoms with van der Waals surface area (Å²) in [6.07, 6.45) is -1.19. The Labute approximate surface area is 79.8 Å². The molecule has 2 atom stereocenters. The van der Waals surface area contributed by atoms with E-state index >= 15 is 0 Å². The molecule has 0 spiro atoms. The highest BCUT2D eigenvalue weighted by atomic mass is 16.3. The fraction of sp³-hybridized carbons (Fsp3) is 0.900. The van der Waals surface area contributed by atoms with Gasteiger partial charge in [0.1, 0.15) is 5.78 Å². The summed E-state index contributed by atoms with van der Waals surface area (Å²) in [5, 5.41) is 18.6. The second kappa shape index (κ2) is 4.72. The lowest BCUT2D eigenvalue weighted by Gasteiger charge is -2.21. The van der Waals surface area contributed by atoms with Gasteiger partial charge in [-0.3, -0.25) is 4.79 Å². The molecule has 78 valence electrons. The van der Waals surface area contributed by atoms with E-state index in [1.807, 2.05) is 0 Å². The second-order valence-corrected chi connectivity index (χ2v) is 4.42. The Morgan fingerprint density at radius 3 is 2.00 bits per heavy atom. The Morgan fingerprint density at radius 1 is 1.23 bits per heavy atom. The first-order chi connectivity index (χ1) is 5.79. The maximum Gasteiger partial charge on any atom is 0.140 e. The van der Waals surface area contributed by atoms with Gasteiger partial charge in [-0.05, 0) is 6.42 Å². The number of hydrogen-bond acceptors (Lipinski definition) is 3. The third kappa shape index (κ3) is 4.39. The van der Waals surface area contributed by atoms with Crippen LogP contribution in [0.4, 0.5) is 0 Å². The maximum absolute atomic E-state index is 11.4. The van der Waals surface area contributed by atoms with Gasteiger partial charge in [-0.25, -0.2) is 0 Å². The first-order valence-corrected chi connectivity index (χ1v) is 4.68. The van der Waals surface area contributed by atoms with Crippen molar-refractivity contribution in [3.63, 3.8) is 0 Å². The normalized spacial score (nSPS) is 16.8. The topological polar surface area (TPSA) is 57.5 Å². The van der Waals surface area contributed by atoms with E-state index in [2.05, 4.69) is 0 Å². The van der Waals surface area contributed by atoms with Crippen LogP contribution in [0.15, 0.2) is 0 Å². The zero-order chi connectivity index (χ0) is 10.6. The van der Waals surface area contributed by atoms with Crippen molar-refractivity contribution in [1.82, 2.24) is 0 Å². The average Bonchev–Trinajstić information content (AvgIpc) is 2.01. The van der Waals surface area contributed by atoms with Gasteiger partial charge in [0.2, 0.25) is 0 Å². The fourth-order valence-corrected chi connectivity index (χ4v) is 0.904. The summed E-state index contributed by atoms with van der Waals surface area (Å²) in [5.41, 5.74) is -0.436. The highest BCUT2D eigenvalue weighted by Gasteiger charge is 2.26. The molecule has 0 radical (unpaired) electrons. The molecule has 2 N–H and O–H groups in total. The molecule has 0 amide bonds.